The summed E-state index contributed by atoms with van der Waals surface area (Å²) in [6.07, 6.45) is 1.71. The second-order valence-electron chi connectivity index (χ2n) is 4.44. The predicted octanol–water partition coefficient (Wildman–Crippen LogP) is 0.0140. The lowest BCUT2D eigenvalue weighted by Crippen LogP contribution is -2.26. The number of H-pyrrole nitrogens is 1. The van der Waals surface area contributed by atoms with Gasteiger partial charge in [0.1, 0.15) is 5.52 Å². The highest BCUT2D eigenvalue weighted by atomic mass is 16.5. The third-order valence-corrected chi connectivity index (χ3v) is 2.75. The van der Waals surface area contributed by atoms with Gasteiger partial charge in [0, 0.05) is 24.5 Å². The molecule has 2 heterocycles. The van der Waals surface area contributed by atoms with E-state index in [4.69, 9.17) is 4.74 Å². The first kappa shape index (κ1) is 14.8. The summed E-state index contributed by atoms with van der Waals surface area (Å²) in [5.74, 6) is -0.820. The molecule has 0 aromatic carbocycles. The van der Waals surface area contributed by atoms with Crippen molar-refractivity contribution >= 4 is 17.4 Å². The summed E-state index contributed by atoms with van der Waals surface area (Å²) < 4.78 is 6.11. The SMILES string of the molecule is CCOC(=O)CCNC(=O)c1cc2c(=O)[nH]c(C)cn2n1. The third-order valence-electron chi connectivity index (χ3n) is 2.75. The highest BCUT2D eigenvalue weighted by molar-refractivity contribution is 5.93. The molecule has 0 saturated carbocycles. The smallest absolute Gasteiger partial charge is 0.307 e. The van der Waals surface area contributed by atoms with Crippen LogP contribution in [0.25, 0.3) is 5.52 Å². The molecule has 2 N–H and O–H groups in total. The van der Waals surface area contributed by atoms with Gasteiger partial charge in [0.25, 0.3) is 11.5 Å². The van der Waals surface area contributed by atoms with Crippen LogP contribution in [-0.2, 0) is 9.53 Å². The Bertz CT molecular complexity index is 731. The van der Waals surface area contributed by atoms with Crippen LogP contribution in [0.5, 0.6) is 0 Å². The molecule has 21 heavy (non-hydrogen) atoms. The summed E-state index contributed by atoms with van der Waals surface area (Å²) in [4.78, 5) is 37.4. The first-order valence-electron chi connectivity index (χ1n) is 6.54. The average molecular weight is 292 g/mol. The van der Waals surface area contributed by atoms with Gasteiger partial charge in [-0.2, -0.15) is 5.10 Å². The van der Waals surface area contributed by atoms with Gasteiger partial charge in [0.2, 0.25) is 0 Å². The number of fused-ring (bicyclic) bond motifs is 1. The number of ether oxygens (including phenoxy) is 1. The number of rotatable bonds is 5. The highest BCUT2D eigenvalue weighted by Gasteiger charge is 2.13. The Morgan fingerprint density at radius 2 is 2.24 bits per heavy atom. The number of aromatic nitrogens is 3. The molecule has 2 aromatic heterocycles. The molecule has 2 aromatic rings. The maximum atomic E-state index is 11.9. The van der Waals surface area contributed by atoms with Crippen LogP contribution in [0.2, 0.25) is 0 Å². The Morgan fingerprint density at radius 3 is 2.95 bits per heavy atom. The second-order valence-corrected chi connectivity index (χ2v) is 4.44. The molecule has 0 aliphatic heterocycles. The van der Waals surface area contributed by atoms with Crippen molar-refractivity contribution in [2.45, 2.75) is 20.3 Å². The maximum absolute atomic E-state index is 11.9. The van der Waals surface area contributed by atoms with Crippen LogP contribution in [0, 0.1) is 6.92 Å². The molecular formula is C13H16N4O4. The van der Waals surface area contributed by atoms with E-state index in [0.29, 0.717) is 12.3 Å². The van der Waals surface area contributed by atoms with Gasteiger partial charge in [-0.1, -0.05) is 0 Å². The van der Waals surface area contributed by atoms with Crippen molar-refractivity contribution in [2.24, 2.45) is 0 Å². The Balaban J connectivity index is 2.05. The van der Waals surface area contributed by atoms with Crippen molar-refractivity contribution in [3.63, 3.8) is 0 Å². The predicted molar refractivity (Wildman–Crippen MR) is 74.1 cm³/mol. The minimum absolute atomic E-state index is 0.0899. The highest BCUT2D eigenvalue weighted by Crippen LogP contribution is 2.02. The van der Waals surface area contributed by atoms with Crippen LogP contribution in [-0.4, -0.2) is 39.6 Å². The lowest BCUT2D eigenvalue weighted by Gasteiger charge is -2.02. The zero-order valence-electron chi connectivity index (χ0n) is 11.8. The lowest BCUT2D eigenvalue weighted by molar-refractivity contribution is -0.142. The fourth-order valence-corrected chi connectivity index (χ4v) is 1.83. The Labute approximate surface area is 120 Å². The average Bonchev–Trinajstić information content (AvgIpc) is 2.83. The molecule has 112 valence electrons. The number of amides is 1. The maximum Gasteiger partial charge on any atom is 0.307 e. The number of esters is 1. The van der Waals surface area contributed by atoms with E-state index in [0.717, 1.165) is 0 Å². The monoisotopic (exact) mass is 292 g/mol. The molecule has 0 radical (unpaired) electrons. The van der Waals surface area contributed by atoms with Gasteiger partial charge in [0.15, 0.2) is 5.69 Å². The molecule has 0 spiro atoms. The molecule has 8 nitrogen and oxygen atoms in total. The summed E-state index contributed by atoms with van der Waals surface area (Å²) in [5, 5.41) is 6.59. The van der Waals surface area contributed by atoms with Crippen LogP contribution < -0.4 is 10.9 Å². The number of aryl methyl sites for hydroxylation is 1. The quantitative estimate of drug-likeness (QED) is 0.755. The summed E-state index contributed by atoms with van der Waals surface area (Å²) in [5.41, 5.74) is 0.740. The Hall–Kier alpha value is -2.64. The van der Waals surface area contributed by atoms with Gasteiger partial charge in [-0.3, -0.25) is 14.4 Å². The molecule has 2 rings (SSSR count). The number of hydrogen-bond acceptors (Lipinski definition) is 5. The molecule has 0 atom stereocenters. The standard InChI is InChI=1S/C13H16N4O4/c1-3-21-11(18)4-5-14-12(19)9-6-10-13(20)15-8(2)7-17(10)16-9/h6-7H,3-5H2,1-2H3,(H,14,19)(H,15,20). The molecule has 0 aliphatic carbocycles. The van der Waals surface area contributed by atoms with Crippen LogP contribution in [0.1, 0.15) is 29.5 Å². The van der Waals surface area contributed by atoms with Gasteiger partial charge >= 0.3 is 5.97 Å². The molecular weight excluding hydrogens is 276 g/mol. The summed E-state index contributed by atoms with van der Waals surface area (Å²) in [6.45, 7) is 3.90. The van der Waals surface area contributed by atoms with E-state index >= 15 is 0 Å². The van der Waals surface area contributed by atoms with Crippen LogP contribution in [0.3, 0.4) is 0 Å². The van der Waals surface area contributed by atoms with Gasteiger partial charge in [-0.25, -0.2) is 4.52 Å². The van der Waals surface area contributed by atoms with Crippen molar-refractivity contribution in [2.75, 3.05) is 13.2 Å². The topological polar surface area (TPSA) is 106 Å². The van der Waals surface area contributed by atoms with Crippen molar-refractivity contribution in [1.82, 2.24) is 19.9 Å². The summed E-state index contributed by atoms with van der Waals surface area (Å²) in [7, 11) is 0. The molecule has 0 saturated heterocycles. The molecule has 0 unspecified atom stereocenters. The van der Waals surface area contributed by atoms with E-state index < -0.39 is 5.91 Å². The Kier molecular flexibility index (Phi) is 4.36. The normalized spacial score (nSPS) is 10.6. The van der Waals surface area contributed by atoms with Crippen molar-refractivity contribution in [3.8, 4) is 0 Å². The van der Waals surface area contributed by atoms with Gasteiger partial charge in [-0.15, -0.1) is 0 Å². The van der Waals surface area contributed by atoms with Gasteiger partial charge in [0.05, 0.1) is 13.0 Å². The lowest BCUT2D eigenvalue weighted by atomic mass is 10.3. The number of carbonyl (C=O) groups is 2. The minimum Gasteiger partial charge on any atom is -0.466 e. The second kappa shape index (κ2) is 6.21. The van der Waals surface area contributed by atoms with Crippen molar-refractivity contribution < 1.29 is 14.3 Å². The number of aromatic amines is 1. The number of hydrogen-bond donors (Lipinski definition) is 2. The zero-order chi connectivity index (χ0) is 15.4. The molecule has 0 bridgehead atoms. The molecule has 1 amide bonds. The fraction of sp³-hybridized carbons (Fsp3) is 0.385. The molecule has 8 heteroatoms. The first-order chi connectivity index (χ1) is 10.0. The van der Waals surface area contributed by atoms with E-state index in [2.05, 4.69) is 15.4 Å². The van der Waals surface area contributed by atoms with Crippen molar-refractivity contribution in [3.05, 3.63) is 34.0 Å². The first-order valence-corrected chi connectivity index (χ1v) is 6.54. The third kappa shape index (κ3) is 3.47. The van der Waals surface area contributed by atoms with Crippen LogP contribution in [0.15, 0.2) is 17.1 Å². The van der Waals surface area contributed by atoms with Crippen LogP contribution in [0.4, 0.5) is 0 Å². The fourth-order valence-electron chi connectivity index (χ4n) is 1.83. The molecule has 0 aliphatic rings. The number of nitrogens with zero attached hydrogens (tertiary/aromatic N) is 2. The van der Waals surface area contributed by atoms with E-state index in [1.54, 1.807) is 20.0 Å². The van der Waals surface area contributed by atoms with Crippen molar-refractivity contribution in [1.29, 1.82) is 0 Å². The van der Waals surface area contributed by atoms with E-state index in [9.17, 15) is 14.4 Å². The van der Waals surface area contributed by atoms with E-state index in [-0.39, 0.29) is 35.7 Å². The summed E-state index contributed by atoms with van der Waals surface area (Å²) >= 11 is 0. The van der Waals surface area contributed by atoms with Gasteiger partial charge in [-0.05, 0) is 13.8 Å². The molecule has 0 fully saturated rings. The van der Waals surface area contributed by atoms with Gasteiger partial charge < -0.3 is 15.0 Å². The summed E-state index contributed by atoms with van der Waals surface area (Å²) in [6, 6.07) is 1.40. The zero-order valence-corrected chi connectivity index (χ0v) is 11.8. The van der Waals surface area contributed by atoms with E-state index in [1.807, 2.05) is 0 Å². The van der Waals surface area contributed by atoms with E-state index in [1.165, 1.54) is 10.6 Å². The van der Waals surface area contributed by atoms with Crippen LogP contribution >= 0.6 is 0 Å². The number of carbonyl (C=O) groups excluding carboxylic acids is 2. The minimum atomic E-state index is -0.444. The Morgan fingerprint density at radius 1 is 1.48 bits per heavy atom. The largest absolute Gasteiger partial charge is 0.466 e. The number of nitrogens with one attached hydrogen (secondary N) is 2.